The lowest BCUT2D eigenvalue weighted by Gasteiger charge is -2.31. The largest absolute Gasteiger partial charge is 0.465 e. The molecule has 0 spiro atoms. The van der Waals surface area contributed by atoms with Gasteiger partial charge in [-0.2, -0.15) is 0 Å². The average Bonchev–Trinajstić information content (AvgIpc) is 2.68. The fraction of sp³-hybridized carbons (Fsp3) is 0.364. The van der Waals surface area contributed by atoms with Crippen LogP contribution in [0.15, 0.2) is 42.5 Å². The molecule has 27 heavy (non-hydrogen) atoms. The van der Waals surface area contributed by atoms with Gasteiger partial charge in [-0.3, -0.25) is 4.79 Å². The molecule has 5 nitrogen and oxygen atoms in total. The summed E-state index contributed by atoms with van der Waals surface area (Å²) in [5.74, 6) is -0.347. The third-order valence-corrected chi connectivity index (χ3v) is 5.33. The van der Waals surface area contributed by atoms with Crippen molar-refractivity contribution in [2.45, 2.75) is 39.3 Å². The number of benzene rings is 2. The smallest absolute Gasteiger partial charge is 0.365 e. The van der Waals surface area contributed by atoms with Crippen LogP contribution in [-0.2, 0) is 33.7 Å². The summed E-state index contributed by atoms with van der Waals surface area (Å²) < 4.78 is 5.00. The first-order valence-electron chi connectivity index (χ1n) is 9.41. The first-order chi connectivity index (χ1) is 13.0. The van der Waals surface area contributed by atoms with Crippen LogP contribution in [0, 0.1) is 6.92 Å². The Morgan fingerprint density at radius 3 is 2.59 bits per heavy atom. The maximum Gasteiger partial charge on any atom is 0.365 e. The second-order valence-corrected chi connectivity index (χ2v) is 7.07. The van der Waals surface area contributed by atoms with E-state index in [1.165, 1.54) is 12.7 Å². The van der Waals surface area contributed by atoms with Gasteiger partial charge in [-0.05, 0) is 30.0 Å². The number of amides is 1. The summed E-state index contributed by atoms with van der Waals surface area (Å²) in [6, 6.07) is 13.8. The van der Waals surface area contributed by atoms with Gasteiger partial charge in [-0.15, -0.1) is 0 Å². The molecule has 0 radical (unpaired) electrons. The number of ether oxygens (including phenoxy) is 1. The Labute approximate surface area is 160 Å². The molecule has 1 aliphatic heterocycles. The molecule has 142 valence electrons. The molecule has 1 heterocycles. The van der Waals surface area contributed by atoms with Crippen molar-refractivity contribution < 1.29 is 19.2 Å². The fourth-order valence-corrected chi connectivity index (χ4v) is 3.83. The number of nitrogens with one attached hydrogen (secondary N) is 2. The fourth-order valence-electron chi connectivity index (χ4n) is 3.83. The number of hydrogen-bond acceptors (Lipinski definition) is 3. The molecule has 2 aromatic carbocycles. The molecule has 0 saturated heterocycles. The van der Waals surface area contributed by atoms with E-state index in [1.807, 2.05) is 43.3 Å². The minimum atomic E-state index is -0.363. The maximum absolute atomic E-state index is 12.8. The van der Waals surface area contributed by atoms with Crippen LogP contribution < -0.4 is 10.2 Å². The third kappa shape index (κ3) is 4.19. The first-order valence-corrected chi connectivity index (χ1v) is 9.41. The van der Waals surface area contributed by atoms with E-state index in [-0.39, 0.29) is 24.5 Å². The van der Waals surface area contributed by atoms with E-state index in [4.69, 9.17) is 4.74 Å². The number of rotatable bonds is 5. The summed E-state index contributed by atoms with van der Waals surface area (Å²) in [7, 11) is 1.40. The molecule has 0 saturated carbocycles. The Morgan fingerprint density at radius 2 is 1.89 bits per heavy atom. The number of quaternary nitrogens is 1. The highest BCUT2D eigenvalue weighted by Gasteiger charge is 2.37. The Bertz CT molecular complexity index is 847. The molecule has 0 aliphatic carbocycles. The number of anilines is 1. The number of carbonyl (C=O) groups is 2. The van der Waals surface area contributed by atoms with Crippen molar-refractivity contribution in [1.82, 2.24) is 0 Å². The van der Waals surface area contributed by atoms with Gasteiger partial charge in [0.05, 0.1) is 7.11 Å². The average molecular weight is 367 g/mol. The lowest BCUT2D eigenvalue weighted by atomic mass is 9.94. The Morgan fingerprint density at radius 1 is 1.15 bits per heavy atom. The van der Waals surface area contributed by atoms with Crippen LogP contribution in [0.3, 0.4) is 0 Å². The van der Waals surface area contributed by atoms with E-state index in [2.05, 4.69) is 18.3 Å². The Kier molecular flexibility index (Phi) is 5.91. The molecule has 2 aromatic rings. The Balaban J connectivity index is 1.78. The zero-order valence-corrected chi connectivity index (χ0v) is 16.2. The number of fused-ring (bicyclic) bond motifs is 1. The van der Waals surface area contributed by atoms with Crippen molar-refractivity contribution in [3.05, 3.63) is 64.7 Å². The van der Waals surface area contributed by atoms with Gasteiger partial charge in [-0.1, -0.05) is 49.4 Å². The highest BCUT2D eigenvalue weighted by molar-refractivity contribution is 5.93. The number of esters is 1. The molecule has 1 aliphatic rings. The molecular weight excluding hydrogens is 340 g/mol. The van der Waals surface area contributed by atoms with Crippen LogP contribution in [0.2, 0.25) is 0 Å². The van der Waals surface area contributed by atoms with Crippen molar-refractivity contribution in [3.8, 4) is 0 Å². The van der Waals surface area contributed by atoms with Gasteiger partial charge in [0.1, 0.15) is 6.54 Å². The molecule has 1 unspecified atom stereocenters. The molecule has 0 bridgehead atoms. The van der Waals surface area contributed by atoms with Crippen LogP contribution in [0.5, 0.6) is 0 Å². The zero-order valence-electron chi connectivity index (χ0n) is 16.2. The molecule has 2 atom stereocenters. The minimum Gasteiger partial charge on any atom is -0.465 e. The van der Waals surface area contributed by atoms with Gasteiger partial charge in [-0.25, -0.2) is 4.79 Å². The van der Waals surface area contributed by atoms with Crippen LogP contribution in [0.25, 0.3) is 0 Å². The maximum atomic E-state index is 12.8. The van der Waals surface area contributed by atoms with Gasteiger partial charge >= 0.3 is 5.97 Å². The van der Waals surface area contributed by atoms with Crippen molar-refractivity contribution in [3.63, 3.8) is 0 Å². The van der Waals surface area contributed by atoms with Gasteiger partial charge < -0.3 is 15.0 Å². The van der Waals surface area contributed by atoms with Crippen LogP contribution >= 0.6 is 0 Å². The summed E-state index contributed by atoms with van der Waals surface area (Å²) in [6.07, 6.45) is 1.45. The standard InChI is InChI=1S/C22H26N2O3/c1-4-16-11-7-8-15(2)21(16)23-20(25)14-24-13-18-10-6-5-9-17(18)12-19(24)22(26)27-3/h5-11,19H,4,12-14H2,1-3H3,(H,23,25)/p+1/t19-/m0/s1. The predicted molar refractivity (Wildman–Crippen MR) is 105 cm³/mol. The summed E-state index contributed by atoms with van der Waals surface area (Å²) in [6.45, 7) is 4.93. The summed E-state index contributed by atoms with van der Waals surface area (Å²) in [5.41, 5.74) is 5.39. The highest BCUT2D eigenvalue weighted by Crippen LogP contribution is 2.21. The lowest BCUT2D eigenvalue weighted by Crippen LogP contribution is -3.17. The first kappa shape index (κ1) is 19.1. The van der Waals surface area contributed by atoms with Gasteiger partial charge in [0.25, 0.3) is 5.91 Å². The number of methoxy groups -OCH3 is 1. The van der Waals surface area contributed by atoms with E-state index >= 15 is 0 Å². The van der Waals surface area contributed by atoms with Crippen molar-refractivity contribution >= 4 is 17.6 Å². The quantitative estimate of drug-likeness (QED) is 0.791. The zero-order chi connectivity index (χ0) is 19.4. The van der Waals surface area contributed by atoms with Crippen molar-refractivity contribution in [2.24, 2.45) is 0 Å². The van der Waals surface area contributed by atoms with Crippen molar-refractivity contribution in [1.29, 1.82) is 0 Å². The van der Waals surface area contributed by atoms with E-state index < -0.39 is 0 Å². The van der Waals surface area contributed by atoms with Crippen molar-refractivity contribution in [2.75, 3.05) is 19.0 Å². The predicted octanol–water partition coefficient (Wildman–Crippen LogP) is 1.68. The minimum absolute atomic E-state index is 0.0812. The highest BCUT2D eigenvalue weighted by atomic mass is 16.5. The molecule has 1 amide bonds. The molecule has 0 aromatic heterocycles. The summed E-state index contributed by atoms with van der Waals surface area (Å²) in [4.78, 5) is 26.0. The second kappa shape index (κ2) is 8.35. The number of hydrogen-bond donors (Lipinski definition) is 2. The van der Waals surface area contributed by atoms with E-state index in [0.717, 1.165) is 33.7 Å². The third-order valence-electron chi connectivity index (χ3n) is 5.33. The van der Waals surface area contributed by atoms with E-state index in [1.54, 1.807) is 0 Å². The Hall–Kier alpha value is -2.66. The van der Waals surface area contributed by atoms with Crippen LogP contribution in [0.1, 0.15) is 29.2 Å². The van der Waals surface area contributed by atoms with E-state index in [0.29, 0.717) is 13.0 Å². The topological polar surface area (TPSA) is 59.8 Å². The molecule has 3 rings (SSSR count). The second-order valence-electron chi connectivity index (χ2n) is 7.07. The lowest BCUT2D eigenvalue weighted by molar-refractivity contribution is -0.924. The van der Waals surface area contributed by atoms with Gasteiger partial charge in [0.15, 0.2) is 12.6 Å². The molecule has 5 heteroatoms. The van der Waals surface area contributed by atoms with Gasteiger partial charge in [0.2, 0.25) is 0 Å². The number of para-hydroxylation sites is 1. The van der Waals surface area contributed by atoms with Gasteiger partial charge in [0, 0.05) is 17.7 Å². The monoisotopic (exact) mass is 367 g/mol. The number of carbonyl (C=O) groups excluding carboxylic acids is 2. The van der Waals surface area contributed by atoms with Crippen LogP contribution in [0.4, 0.5) is 5.69 Å². The van der Waals surface area contributed by atoms with Crippen LogP contribution in [-0.4, -0.2) is 31.6 Å². The van der Waals surface area contributed by atoms with E-state index in [9.17, 15) is 9.59 Å². The molecular formula is C22H27N2O3+. The normalized spacial score (nSPS) is 18.5. The molecule has 0 fully saturated rings. The summed E-state index contributed by atoms with van der Waals surface area (Å²) >= 11 is 0. The summed E-state index contributed by atoms with van der Waals surface area (Å²) in [5, 5.41) is 3.07. The number of aryl methyl sites for hydroxylation is 2. The SMILES string of the molecule is CCc1cccc(C)c1NC(=O)C[NH+]1Cc2ccccc2C[C@H]1C(=O)OC. The molecule has 2 N–H and O–H groups in total.